The van der Waals surface area contributed by atoms with Crippen molar-refractivity contribution in [2.75, 3.05) is 6.79 Å². The van der Waals surface area contributed by atoms with Crippen molar-refractivity contribution in [2.45, 2.75) is 20.1 Å². The molecule has 0 amide bonds. The second-order valence-electron chi connectivity index (χ2n) is 7.54. The highest BCUT2D eigenvalue weighted by Gasteiger charge is 1.99. The largest absolute Gasteiger partial charge is 0.476 e. The molecule has 0 atom stereocenters. The van der Waals surface area contributed by atoms with E-state index in [0.29, 0.717) is 6.61 Å². The van der Waals surface area contributed by atoms with Crippen LogP contribution in [0.2, 0.25) is 0 Å². The maximum absolute atomic E-state index is 11.2. The molecule has 0 aliphatic heterocycles. The Hall–Kier alpha value is -4.51. The minimum absolute atomic E-state index is 0.187. The Labute approximate surface area is 206 Å². The van der Waals surface area contributed by atoms with Crippen LogP contribution in [0.5, 0.6) is 0 Å². The highest BCUT2D eigenvalue weighted by Crippen LogP contribution is 2.11. The maximum Gasteiger partial charge on any atom is 0.330 e. The predicted octanol–water partition coefficient (Wildman–Crippen LogP) is 5.66. The zero-order chi connectivity index (χ0) is 24.9. The maximum atomic E-state index is 11.2. The summed E-state index contributed by atoms with van der Waals surface area (Å²) in [5, 5.41) is 0. The fraction of sp³-hybridized carbons (Fsp3) is 0.129. The van der Waals surface area contributed by atoms with Crippen LogP contribution in [0.1, 0.15) is 38.9 Å². The molecule has 3 rings (SSSR count). The summed E-state index contributed by atoms with van der Waals surface area (Å²) in [5.41, 5.74) is 6.70. The van der Waals surface area contributed by atoms with E-state index in [1.165, 1.54) is 6.26 Å². The molecule has 0 bridgehead atoms. The molecule has 0 saturated carbocycles. The molecule has 0 fully saturated rings. The summed E-state index contributed by atoms with van der Waals surface area (Å²) < 4.78 is 15.3. The average Bonchev–Trinajstić information content (AvgIpc) is 2.89. The van der Waals surface area contributed by atoms with Gasteiger partial charge in [0.15, 0.2) is 6.79 Å². The Morgan fingerprint density at radius 2 is 1.37 bits per heavy atom. The summed E-state index contributed by atoms with van der Waals surface area (Å²) >= 11 is 0. The first-order chi connectivity index (χ1) is 17.1. The van der Waals surface area contributed by atoms with Gasteiger partial charge in [0, 0.05) is 28.3 Å². The molecule has 35 heavy (non-hydrogen) atoms. The highest BCUT2D eigenvalue weighted by molar-refractivity contribution is 5.81. The number of benzene rings is 3. The Morgan fingerprint density at radius 1 is 0.800 bits per heavy atom. The summed E-state index contributed by atoms with van der Waals surface area (Å²) in [6.07, 6.45) is 2.50. The topological polar surface area (TPSA) is 44.8 Å². The predicted molar refractivity (Wildman–Crippen MR) is 137 cm³/mol. The number of aryl methyl sites for hydroxylation is 1. The molecule has 0 N–H and O–H groups in total. The summed E-state index contributed by atoms with van der Waals surface area (Å²) in [6.45, 7) is 9.75. The lowest BCUT2D eigenvalue weighted by Gasteiger charge is -2.03. The number of carbonyl (C=O) groups is 1. The lowest BCUT2D eigenvalue weighted by molar-refractivity contribution is -0.138. The number of hydrogen-bond donors (Lipinski definition) is 0. The summed E-state index contributed by atoms with van der Waals surface area (Å²) in [6, 6.07) is 21.5. The zero-order valence-corrected chi connectivity index (χ0v) is 19.7. The standard InChI is InChI=1S/C31H26O4/c1-4-31(32)35-22-29-14-9-25(10-15-29)6-11-27-17-19-30(24(3)20-27)18-16-26-7-12-28(13-8-26)21-34-23-33-5-2/h4-5,7-10,12-15,17,19-20H,1-2,21-23H2,3H3. The Morgan fingerprint density at radius 3 is 1.97 bits per heavy atom. The van der Waals surface area contributed by atoms with Gasteiger partial charge < -0.3 is 14.2 Å². The fourth-order valence-corrected chi connectivity index (χ4v) is 3.00. The molecular formula is C31H26O4. The van der Waals surface area contributed by atoms with Crippen molar-refractivity contribution in [2.24, 2.45) is 0 Å². The van der Waals surface area contributed by atoms with Crippen molar-refractivity contribution >= 4 is 5.97 Å². The average molecular weight is 463 g/mol. The van der Waals surface area contributed by atoms with Gasteiger partial charge in [0.25, 0.3) is 0 Å². The molecule has 0 unspecified atom stereocenters. The molecule has 0 radical (unpaired) electrons. The fourth-order valence-electron chi connectivity index (χ4n) is 3.00. The van der Waals surface area contributed by atoms with Crippen molar-refractivity contribution in [3.63, 3.8) is 0 Å². The Balaban J connectivity index is 1.59. The van der Waals surface area contributed by atoms with Gasteiger partial charge in [-0.15, -0.1) is 0 Å². The van der Waals surface area contributed by atoms with Crippen LogP contribution in [0.25, 0.3) is 0 Å². The van der Waals surface area contributed by atoms with E-state index >= 15 is 0 Å². The van der Waals surface area contributed by atoms with Gasteiger partial charge in [-0.2, -0.15) is 0 Å². The van der Waals surface area contributed by atoms with E-state index in [9.17, 15) is 4.79 Å². The molecule has 0 spiro atoms. The molecule has 3 aromatic carbocycles. The number of ether oxygens (including phenoxy) is 3. The molecule has 0 saturated heterocycles. The summed E-state index contributed by atoms with van der Waals surface area (Å²) in [4.78, 5) is 11.2. The quantitative estimate of drug-likeness (QED) is 0.108. The summed E-state index contributed by atoms with van der Waals surface area (Å²) in [7, 11) is 0. The van der Waals surface area contributed by atoms with E-state index in [2.05, 4.69) is 36.8 Å². The van der Waals surface area contributed by atoms with Crippen LogP contribution < -0.4 is 0 Å². The van der Waals surface area contributed by atoms with E-state index in [4.69, 9.17) is 14.2 Å². The lowest BCUT2D eigenvalue weighted by atomic mass is 10.0. The summed E-state index contributed by atoms with van der Waals surface area (Å²) in [5.74, 6) is 12.4. The number of carbonyl (C=O) groups excluding carboxylic acids is 1. The van der Waals surface area contributed by atoms with Gasteiger partial charge in [-0.05, 0) is 66.1 Å². The first kappa shape index (κ1) is 25.1. The van der Waals surface area contributed by atoms with E-state index < -0.39 is 5.97 Å². The monoisotopic (exact) mass is 462 g/mol. The van der Waals surface area contributed by atoms with Crippen LogP contribution in [0, 0.1) is 30.6 Å². The van der Waals surface area contributed by atoms with Gasteiger partial charge in [-0.25, -0.2) is 4.79 Å². The van der Waals surface area contributed by atoms with Crippen LogP contribution in [0.15, 0.2) is 92.2 Å². The molecule has 0 heterocycles. The van der Waals surface area contributed by atoms with Gasteiger partial charge in [0.05, 0.1) is 12.9 Å². The smallest absolute Gasteiger partial charge is 0.330 e. The molecule has 174 valence electrons. The van der Waals surface area contributed by atoms with Crippen LogP contribution in [-0.4, -0.2) is 12.8 Å². The molecule has 0 aliphatic rings. The van der Waals surface area contributed by atoms with E-state index in [-0.39, 0.29) is 13.4 Å². The normalized spacial score (nSPS) is 9.63. The van der Waals surface area contributed by atoms with Gasteiger partial charge in [-0.3, -0.25) is 0 Å². The zero-order valence-electron chi connectivity index (χ0n) is 19.7. The van der Waals surface area contributed by atoms with Crippen LogP contribution >= 0.6 is 0 Å². The molecule has 4 heteroatoms. The Kier molecular flexibility index (Phi) is 9.52. The minimum atomic E-state index is -0.438. The number of hydrogen-bond acceptors (Lipinski definition) is 4. The first-order valence-corrected chi connectivity index (χ1v) is 11.0. The molecule has 3 aromatic rings. The second kappa shape index (κ2) is 13.3. The van der Waals surface area contributed by atoms with Crippen LogP contribution in [0.3, 0.4) is 0 Å². The van der Waals surface area contributed by atoms with Gasteiger partial charge in [-0.1, -0.05) is 61.1 Å². The van der Waals surface area contributed by atoms with Crippen molar-refractivity contribution in [3.05, 3.63) is 131 Å². The molecule has 0 aliphatic carbocycles. The van der Waals surface area contributed by atoms with E-state index in [1.54, 1.807) is 0 Å². The first-order valence-electron chi connectivity index (χ1n) is 11.0. The SMILES string of the molecule is C=COCOCc1ccc(C#Cc2ccc(C#Cc3ccc(COC(=O)C=C)cc3)cc2C)cc1. The third kappa shape index (κ3) is 8.41. The highest BCUT2D eigenvalue weighted by atomic mass is 16.7. The van der Waals surface area contributed by atoms with E-state index in [1.807, 2.05) is 73.7 Å². The van der Waals surface area contributed by atoms with Crippen molar-refractivity contribution in [1.82, 2.24) is 0 Å². The number of esters is 1. The molecule has 0 aromatic heterocycles. The molecule has 4 nitrogen and oxygen atoms in total. The van der Waals surface area contributed by atoms with Crippen molar-refractivity contribution in [3.8, 4) is 23.7 Å². The third-order valence-corrected chi connectivity index (χ3v) is 4.91. The van der Waals surface area contributed by atoms with Gasteiger partial charge in [0.1, 0.15) is 6.61 Å². The van der Waals surface area contributed by atoms with Crippen LogP contribution in [-0.2, 0) is 32.2 Å². The molecular weight excluding hydrogens is 436 g/mol. The van der Waals surface area contributed by atoms with E-state index in [0.717, 1.165) is 45.0 Å². The number of rotatable bonds is 8. The van der Waals surface area contributed by atoms with Crippen molar-refractivity contribution in [1.29, 1.82) is 0 Å². The van der Waals surface area contributed by atoms with Crippen molar-refractivity contribution < 1.29 is 19.0 Å². The minimum Gasteiger partial charge on any atom is -0.476 e. The van der Waals surface area contributed by atoms with Gasteiger partial charge >= 0.3 is 5.97 Å². The van der Waals surface area contributed by atoms with Crippen LogP contribution in [0.4, 0.5) is 0 Å². The third-order valence-electron chi connectivity index (χ3n) is 4.91. The lowest BCUT2D eigenvalue weighted by Crippen LogP contribution is -1.99. The second-order valence-corrected chi connectivity index (χ2v) is 7.54. The van der Waals surface area contributed by atoms with Gasteiger partial charge in [0.2, 0.25) is 0 Å². The Bertz CT molecular complexity index is 1290.